The number of aryl methyl sites for hydroxylation is 1. The molecular formula is C16H13BBrNO2. The Hall–Kier alpha value is -1.43. The molecule has 1 fully saturated rings. The van der Waals surface area contributed by atoms with Crippen molar-refractivity contribution in [3.63, 3.8) is 0 Å². The van der Waals surface area contributed by atoms with Crippen LogP contribution in [0.3, 0.4) is 0 Å². The molecule has 5 heteroatoms. The fraction of sp³-hybridized carbons (Fsp3) is 0.188. The first kappa shape index (κ1) is 13.3. The van der Waals surface area contributed by atoms with Gasteiger partial charge in [-0.2, -0.15) is 0 Å². The molecule has 1 aliphatic carbocycles. The van der Waals surface area contributed by atoms with Gasteiger partial charge in [0.15, 0.2) is 0 Å². The fourth-order valence-corrected chi connectivity index (χ4v) is 3.04. The maximum absolute atomic E-state index is 6.13. The van der Waals surface area contributed by atoms with E-state index in [9.17, 15) is 0 Å². The summed E-state index contributed by atoms with van der Waals surface area (Å²) < 4.78 is 13.2. The molecule has 104 valence electrons. The highest BCUT2D eigenvalue weighted by Crippen LogP contribution is 2.37. The number of rotatable bonds is 1. The lowest BCUT2D eigenvalue weighted by molar-refractivity contribution is 0.192. The molecule has 0 saturated carbocycles. The van der Waals surface area contributed by atoms with Gasteiger partial charge in [-0.25, -0.2) is 0 Å². The number of hydrogen-bond donors (Lipinski definition) is 0. The van der Waals surface area contributed by atoms with Gasteiger partial charge in [0, 0.05) is 15.7 Å². The van der Waals surface area contributed by atoms with Crippen LogP contribution in [0.4, 0.5) is 0 Å². The smallest absolute Gasteiger partial charge is 0.398 e. The van der Waals surface area contributed by atoms with Crippen molar-refractivity contribution in [2.45, 2.75) is 19.1 Å². The fourth-order valence-electron chi connectivity index (χ4n) is 2.78. The van der Waals surface area contributed by atoms with Crippen LogP contribution >= 0.6 is 15.9 Å². The van der Waals surface area contributed by atoms with E-state index in [4.69, 9.17) is 9.31 Å². The van der Waals surface area contributed by atoms with Gasteiger partial charge in [-0.15, -0.1) is 0 Å². The topological polar surface area (TPSA) is 31.4 Å². The Bertz CT molecular complexity index is 717. The third-order valence-corrected chi connectivity index (χ3v) is 4.37. The van der Waals surface area contributed by atoms with Crippen molar-refractivity contribution in [3.05, 3.63) is 63.9 Å². The minimum atomic E-state index is -0.329. The van der Waals surface area contributed by atoms with Crippen LogP contribution in [0, 0.1) is 6.92 Å². The van der Waals surface area contributed by atoms with Crippen LogP contribution in [0.1, 0.15) is 23.1 Å². The molecule has 2 heterocycles. The molecule has 0 unspecified atom stereocenters. The summed E-state index contributed by atoms with van der Waals surface area (Å²) in [6, 6.07) is 12.1. The monoisotopic (exact) mass is 341 g/mol. The van der Waals surface area contributed by atoms with Crippen LogP contribution in [-0.4, -0.2) is 18.2 Å². The first-order chi connectivity index (χ1) is 10.2. The number of pyridine rings is 1. The van der Waals surface area contributed by atoms with Crippen molar-refractivity contribution in [2.75, 3.05) is 0 Å². The predicted octanol–water partition coefficient (Wildman–Crippen LogP) is 3.03. The minimum Gasteiger partial charge on any atom is -0.398 e. The van der Waals surface area contributed by atoms with E-state index in [1.54, 1.807) is 0 Å². The largest absolute Gasteiger partial charge is 0.494 e. The van der Waals surface area contributed by atoms with E-state index in [2.05, 4.69) is 27.0 Å². The Labute approximate surface area is 132 Å². The van der Waals surface area contributed by atoms with Crippen molar-refractivity contribution in [2.24, 2.45) is 0 Å². The zero-order valence-electron chi connectivity index (χ0n) is 11.5. The highest BCUT2D eigenvalue weighted by molar-refractivity contribution is 9.10. The van der Waals surface area contributed by atoms with Gasteiger partial charge >= 0.3 is 7.12 Å². The number of benzene rings is 1. The second kappa shape index (κ2) is 5.09. The standard InChI is InChI=1S/C16H13BBrNO2/c1-10-2-7-13-14(19-10)8-9-15-16(13)21-17(20-15)11-3-5-12(18)6-4-11/h2-9,15-16H,1H3/t15-,16+/m0/s1. The van der Waals surface area contributed by atoms with Gasteiger partial charge in [0.2, 0.25) is 0 Å². The first-order valence-electron chi connectivity index (χ1n) is 6.93. The normalized spacial score (nSPS) is 23.0. The summed E-state index contributed by atoms with van der Waals surface area (Å²) in [5.41, 5.74) is 4.13. The Morgan fingerprint density at radius 3 is 2.71 bits per heavy atom. The lowest BCUT2D eigenvalue weighted by atomic mass is 9.79. The third-order valence-electron chi connectivity index (χ3n) is 3.84. The van der Waals surface area contributed by atoms with Gasteiger partial charge in [0.1, 0.15) is 0 Å². The van der Waals surface area contributed by atoms with Crippen molar-refractivity contribution in [1.82, 2.24) is 4.98 Å². The van der Waals surface area contributed by atoms with E-state index < -0.39 is 0 Å². The molecule has 0 N–H and O–H groups in total. The van der Waals surface area contributed by atoms with E-state index >= 15 is 0 Å². The van der Waals surface area contributed by atoms with Crippen LogP contribution in [0.2, 0.25) is 0 Å². The highest BCUT2D eigenvalue weighted by Gasteiger charge is 2.42. The molecule has 0 radical (unpaired) electrons. The van der Waals surface area contributed by atoms with Crippen LogP contribution < -0.4 is 5.46 Å². The summed E-state index contributed by atoms with van der Waals surface area (Å²) in [4.78, 5) is 4.55. The molecule has 2 aliphatic rings. The Morgan fingerprint density at radius 1 is 1.10 bits per heavy atom. The summed E-state index contributed by atoms with van der Waals surface area (Å²) in [6.45, 7) is 2.00. The maximum Gasteiger partial charge on any atom is 0.494 e. The second-order valence-electron chi connectivity index (χ2n) is 5.33. The van der Waals surface area contributed by atoms with Crippen molar-refractivity contribution >= 4 is 34.6 Å². The summed E-state index contributed by atoms with van der Waals surface area (Å²) in [5.74, 6) is 0. The zero-order valence-corrected chi connectivity index (χ0v) is 13.1. The molecule has 0 spiro atoms. The van der Waals surface area contributed by atoms with Crippen molar-refractivity contribution in [3.8, 4) is 0 Å². The molecular weight excluding hydrogens is 329 g/mol. The molecule has 2 aromatic rings. The van der Waals surface area contributed by atoms with Gasteiger partial charge in [-0.1, -0.05) is 40.2 Å². The SMILES string of the molecule is Cc1ccc2c(n1)C=C[C@@H]1OB(c3ccc(Br)cc3)O[C@H]21. The summed E-state index contributed by atoms with van der Waals surface area (Å²) in [7, 11) is -0.329. The molecule has 1 saturated heterocycles. The Balaban J connectivity index is 1.65. The van der Waals surface area contributed by atoms with Gasteiger partial charge in [-0.3, -0.25) is 4.98 Å². The van der Waals surface area contributed by atoms with Gasteiger partial charge in [-0.05, 0) is 36.7 Å². The molecule has 4 rings (SSSR count). The Morgan fingerprint density at radius 2 is 1.90 bits per heavy atom. The lowest BCUT2D eigenvalue weighted by Gasteiger charge is -2.21. The van der Waals surface area contributed by atoms with Crippen molar-refractivity contribution < 1.29 is 9.31 Å². The number of nitrogens with zero attached hydrogens (tertiary/aromatic N) is 1. The van der Waals surface area contributed by atoms with Crippen LogP contribution in [-0.2, 0) is 9.31 Å². The summed E-state index contributed by atoms with van der Waals surface area (Å²) in [6.07, 6.45) is 3.94. The van der Waals surface area contributed by atoms with Crippen molar-refractivity contribution in [1.29, 1.82) is 0 Å². The minimum absolute atomic E-state index is 0.0457. The maximum atomic E-state index is 6.13. The number of halogens is 1. The number of aromatic nitrogens is 1. The molecule has 0 amide bonds. The molecule has 3 nitrogen and oxygen atoms in total. The second-order valence-corrected chi connectivity index (χ2v) is 6.24. The lowest BCUT2D eigenvalue weighted by Crippen LogP contribution is -2.32. The van der Waals surface area contributed by atoms with Gasteiger partial charge in [0.05, 0.1) is 17.9 Å². The summed E-state index contributed by atoms with van der Waals surface area (Å²) >= 11 is 3.44. The number of fused-ring (bicyclic) bond motifs is 3. The van der Waals surface area contributed by atoms with Gasteiger partial charge < -0.3 is 9.31 Å². The van der Waals surface area contributed by atoms with E-state index in [0.29, 0.717) is 0 Å². The Kier molecular flexibility index (Phi) is 3.21. The predicted molar refractivity (Wildman–Crippen MR) is 86.2 cm³/mol. The summed E-state index contributed by atoms with van der Waals surface area (Å²) in [5, 5.41) is 0. The zero-order chi connectivity index (χ0) is 14.4. The molecule has 0 bridgehead atoms. The quantitative estimate of drug-likeness (QED) is 0.747. The molecule has 1 aromatic carbocycles. The van der Waals surface area contributed by atoms with Gasteiger partial charge in [0.25, 0.3) is 0 Å². The van der Waals surface area contributed by atoms with Crippen LogP contribution in [0.5, 0.6) is 0 Å². The molecule has 1 aromatic heterocycles. The van der Waals surface area contributed by atoms with E-state index in [-0.39, 0.29) is 19.3 Å². The van der Waals surface area contributed by atoms with Crippen LogP contribution in [0.15, 0.2) is 46.9 Å². The van der Waals surface area contributed by atoms with Crippen LogP contribution in [0.25, 0.3) is 6.08 Å². The average molecular weight is 342 g/mol. The van der Waals surface area contributed by atoms with E-state index in [1.165, 1.54) is 0 Å². The average Bonchev–Trinajstić information content (AvgIpc) is 2.92. The third kappa shape index (κ3) is 2.35. The highest BCUT2D eigenvalue weighted by atomic mass is 79.9. The molecule has 21 heavy (non-hydrogen) atoms. The molecule has 1 aliphatic heterocycles. The van der Waals surface area contributed by atoms with E-state index in [0.717, 1.165) is 26.9 Å². The van der Waals surface area contributed by atoms with E-state index in [1.807, 2.05) is 49.4 Å². The first-order valence-corrected chi connectivity index (χ1v) is 7.72. The molecule has 2 atom stereocenters. The number of hydrogen-bond acceptors (Lipinski definition) is 3.